The SMILES string of the molecule is CC(=O)c1cc(Br)cc(Cl)c1O.CCc1cc(Br)cc(Cl)c1O.CCc1cc(Br)cc(Cl)c1OC.CCc1cc(CCC(=O)C2CCCC2)cc(Cl)c1OC.CCc1cc(CCC2(C3CCCC3)CC(=O)CC(=O)O2)cc(Cl)c1OC.CCc1cc(CCC2(C3CCCC3)CC(O)=C(Cc3nc4nc(C)cc(C)n4n3)C(=O)O2)cc(Cl)c1OC. The molecule has 8 aromatic rings. The molecule has 5 aliphatic rings. The molecule has 0 radical (unpaired) electrons. The third kappa shape index (κ3) is 26.2. The van der Waals surface area contributed by atoms with Crippen molar-refractivity contribution in [3.8, 4) is 34.5 Å². The van der Waals surface area contributed by atoms with Crippen LogP contribution in [0.15, 0.2) is 104 Å². The molecular formula is C92H109Br3Cl6N4O14. The zero-order valence-corrected chi connectivity index (χ0v) is 79.1. The van der Waals surface area contributed by atoms with Crippen molar-refractivity contribution in [2.45, 2.75) is 240 Å². The van der Waals surface area contributed by atoms with Gasteiger partial charge in [-0.25, -0.2) is 14.3 Å². The number of cyclic esters (lactones) is 2. The number of carbonyl (C=O) groups is 5. The number of aliphatic hydroxyl groups is 1. The van der Waals surface area contributed by atoms with Crippen molar-refractivity contribution in [3.05, 3.63) is 201 Å². The van der Waals surface area contributed by atoms with Crippen molar-refractivity contribution in [3.63, 3.8) is 0 Å². The van der Waals surface area contributed by atoms with Crippen LogP contribution in [0.3, 0.4) is 0 Å². The monoisotopic (exact) mass is 1940 g/mol. The van der Waals surface area contributed by atoms with Crippen LogP contribution in [0.2, 0.25) is 30.1 Å². The summed E-state index contributed by atoms with van der Waals surface area (Å²) in [5.74, 6) is 4.17. The number of phenolic OH excluding ortho intramolecular Hbond substituents is 2. The maximum absolute atomic E-state index is 13.4. The van der Waals surface area contributed by atoms with Gasteiger partial charge in [-0.15, -0.1) is 5.10 Å². The van der Waals surface area contributed by atoms with Gasteiger partial charge in [0.15, 0.2) is 11.6 Å². The summed E-state index contributed by atoms with van der Waals surface area (Å²) in [4.78, 5) is 69.6. The van der Waals surface area contributed by atoms with Gasteiger partial charge in [-0.1, -0.05) is 209 Å². The number of carbonyl (C=O) groups excluding carboxylic acids is 5. The summed E-state index contributed by atoms with van der Waals surface area (Å²) in [5, 5.41) is 37.5. The number of aromatic hydroxyl groups is 2. The van der Waals surface area contributed by atoms with Gasteiger partial charge in [-0.05, 0) is 241 Å². The van der Waals surface area contributed by atoms with Crippen molar-refractivity contribution in [1.29, 1.82) is 0 Å². The molecule has 3 aliphatic carbocycles. The number of esters is 2. The normalized spacial score (nSPS) is 17.3. The number of rotatable bonds is 24. The van der Waals surface area contributed by atoms with Gasteiger partial charge in [0.2, 0.25) is 0 Å². The molecule has 0 bridgehead atoms. The highest BCUT2D eigenvalue weighted by atomic mass is 79.9. The number of aryl methyl sites for hydroxylation is 10. The lowest BCUT2D eigenvalue weighted by molar-refractivity contribution is -0.178. The molecule has 3 saturated carbocycles. The quantitative estimate of drug-likeness (QED) is 0.0289. The van der Waals surface area contributed by atoms with Crippen LogP contribution >= 0.6 is 117 Å². The molecule has 2 unspecified atom stereocenters. The molecule has 2 aliphatic heterocycles. The average molecular weight is 1950 g/mol. The van der Waals surface area contributed by atoms with E-state index < -0.39 is 17.2 Å². The number of Topliss-reactive ketones (excluding diaryl/α,β-unsaturated/α-hetero) is 3. The Labute approximate surface area is 755 Å². The highest BCUT2D eigenvalue weighted by Crippen LogP contribution is 2.48. The summed E-state index contributed by atoms with van der Waals surface area (Å²) in [6, 6.07) is 24.5. The number of aliphatic hydroxyl groups excluding tert-OH is 1. The summed E-state index contributed by atoms with van der Waals surface area (Å²) < 4.78 is 37.8. The fourth-order valence-electron chi connectivity index (χ4n) is 16.6. The molecule has 1 saturated heterocycles. The number of phenols is 2. The van der Waals surface area contributed by atoms with Crippen molar-refractivity contribution in [2.24, 2.45) is 17.8 Å². The highest BCUT2D eigenvalue weighted by Gasteiger charge is 2.50. The van der Waals surface area contributed by atoms with E-state index in [0.717, 1.165) is 191 Å². The third-order valence-corrected chi connectivity index (χ3v) is 25.8. The Hall–Kier alpha value is -6.66. The van der Waals surface area contributed by atoms with Crippen molar-refractivity contribution in [1.82, 2.24) is 19.6 Å². The fraction of sp³-hybridized carbons (Fsp3) is 0.478. The van der Waals surface area contributed by atoms with Crippen molar-refractivity contribution >= 4 is 152 Å². The predicted octanol–water partition coefficient (Wildman–Crippen LogP) is 25.2. The number of ketones is 3. The number of nitrogens with zero attached hydrogens (tertiary/aromatic N) is 4. The van der Waals surface area contributed by atoms with Crippen LogP contribution < -0.4 is 18.9 Å². The van der Waals surface area contributed by atoms with Gasteiger partial charge in [0, 0.05) is 56.4 Å². The van der Waals surface area contributed by atoms with Crippen LogP contribution in [-0.4, -0.2) is 104 Å². The van der Waals surface area contributed by atoms with E-state index in [2.05, 4.69) is 109 Å². The number of halogens is 9. The summed E-state index contributed by atoms with van der Waals surface area (Å²) in [6.07, 6.45) is 22.1. The molecule has 2 atom stereocenters. The molecule has 119 heavy (non-hydrogen) atoms. The number of hydrogen-bond donors (Lipinski definition) is 3. The van der Waals surface area contributed by atoms with Gasteiger partial charge in [-0.2, -0.15) is 4.98 Å². The zero-order valence-electron chi connectivity index (χ0n) is 69.9. The molecule has 18 nitrogen and oxygen atoms in total. The van der Waals surface area contributed by atoms with Gasteiger partial charge in [0.1, 0.15) is 69.4 Å². The Morgan fingerprint density at radius 1 is 0.513 bits per heavy atom. The minimum Gasteiger partial charge on any atom is -0.512 e. The molecular weight excluding hydrogens is 1840 g/mol. The van der Waals surface area contributed by atoms with E-state index in [1.165, 1.54) is 31.9 Å². The number of benzene rings is 6. The van der Waals surface area contributed by atoms with Crippen LogP contribution in [0, 0.1) is 31.6 Å². The fourth-order valence-corrected chi connectivity index (χ4v) is 20.3. The lowest BCUT2D eigenvalue weighted by Gasteiger charge is -2.41. The van der Waals surface area contributed by atoms with Crippen LogP contribution in [0.1, 0.15) is 229 Å². The van der Waals surface area contributed by atoms with E-state index in [1.54, 1.807) is 39.0 Å². The molecule has 4 fully saturated rings. The molecule has 644 valence electrons. The molecule has 0 amide bonds. The minimum atomic E-state index is -0.748. The van der Waals surface area contributed by atoms with E-state index in [1.807, 2.05) is 63.2 Å². The number of hydrogen-bond acceptors (Lipinski definition) is 17. The second-order valence-electron chi connectivity index (χ2n) is 30.7. The summed E-state index contributed by atoms with van der Waals surface area (Å²) in [6.45, 7) is 15.5. The third-order valence-electron chi connectivity index (χ3n) is 22.7. The first-order chi connectivity index (χ1) is 56.7. The van der Waals surface area contributed by atoms with E-state index in [9.17, 15) is 39.3 Å². The molecule has 2 aromatic heterocycles. The predicted molar refractivity (Wildman–Crippen MR) is 484 cm³/mol. The van der Waals surface area contributed by atoms with E-state index in [0.29, 0.717) is 97.2 Å². The minimum absolute atomic E-state index is 0.00941. The Balaban J connectivity index is 0.000000190. The first kappa shape index (κ1) is 97.8. The van der Waals surface area contributed by atoms with Gasteiger partial charge in [0.05, 0.1) is 69.7 Å². The van der Waals surface area contributed by atoms with Crippen molar-refractivity contribution in [2.75, 3.05) is 28.4 Å². The lowest BCUT2D eigenvalue weighted by Crippen LogP contribution is -2.48. The Kier molecular flexibility index (Phi) is 37.9. The van der Waals surface area contributed by atoms with Crippen LogP contribution in [-0.2, 0) is 86.4 Å². The second kappa shape index (κ2) is 46.2. The maximum atomic E-state index is 13.4. The molecule has 4 heterocycles. The molecule has 3 N–H and O–H groups in total. The van der Waals surface area contributed by atoms with Crippen molar-refractivity contribution < 1.29 is 67.7 Å². The van der Waals surface area contributed by atoms with Crippen LogP contribution in [0.4, 0.5) is 0 Å². The smallest absolute Gasteiger partial charge is 0.338 e. The van der Waals surface area contributed by atoms with Gasteiger partial charge < -0.3 is 43.7 Å². The zero-order chi connectivity index (χ0) is 87.2. The highest BCUT2D eigenvalue weighted by molar-refractivity contribution is 9.11. The van der Waals surface area contributed by atoms with Gasteiger partial charge in [-0.3, -0.25) is 19.2 Å². The average Bonchev–Trinajstić information content (AvgIpc) is 1.75. The van der Waals surface area contributed by atoms with E-state index in [-0.39, 0.29) is 75.6 Å². The van der Waals surface area contributed by atoms with Gasteiger partial charge in [0.25, 0.3) is 5.78 Å². The Morgan fingerprint density at radius 2 is 0.924 bits per heavy atom. The topological polar surface area (TPSA) is 244 Å². The molecule has 0 spiro atoms. The maximum Gasteiger partial charge on any atom is 0.338 e. The van der Waals surface area contributed by atoms with Gasteiger partial charge >= 0.3 is 11.9 Å². The molecule has 13 rings (SSSR count). The Morgan fingerprint density at radius 3 is 1.37 bits per heavy atom. The number of fused-ring (bicyclic) bond motifs is 1. The summed E-state index contributed by atoms with van der Waals surface area (Å²) >= 11 is 46.3. The van der Waals surface area contributed by atoms with E-state index in [4.69, 9.17) is 98.0 Å². The number of methoxy groups -OCH3 is 4. The molecule has 6 aromatic carbocycles. The van der Waals surface area contributed by atoms with Crippen LogP contribution in [0.5, 0.6) is 34.5 Å². The summed E-state index contributed by atoms with van der Waals surface area (Å²) in [7, 11) is 6.53. The number of aromatic nitrogens is 4. The van der Waals surface area contributed by atoms with E-state index >= 15 is 0 Å². The number of ether oxygens (including phenoxy) is 6. The summed E-state index contributed by atoms with van der Waals surface area (Å²) in [5.41, 5.74) is 9.35. The first-order valence-corrected chi connectivity index (χ1v) is 45.4. The largest absolute Gasteiger partial charge is 0.512 e. The Bertz CT molecular complexity index is 4930. The lowest BCUT2D eigenvalue weighted by atomic mass is 9.76. The van der Waals surface area contributed by atoms with Crippen LogP contribution in [0.25, 0.3) is 5.78 Å². The molecule has 27 heteroatoms. The standard InChI is InChI=1S/C29H35ClN4O4.C21H27ClO4.C17H23ClO2.C9H10BrClO.C8H6BrClO2.C8H8BrClO/c1-5-20-13-19(14-23(30)26(20)37-4)10-11-29(21-8-6-7-9-21)16-24(35)22(27(36)38-29)15-25-32-28-31-17(2)12-18(3)34(28)33-25;1-3-15-10-14(11-18(22)20(15)25-2)8-9-21(16-6-4-5-7-16)13-17(23)12-19(24)26-21;1-3-13-10-12(11-15(18)17(13)20-2)8-9-16(19)14-6-4-5-7-14;1-3-6-4-7(10)5-8(11)9(6)12-2;1-4(11)6-2-5(9)3-7(10)8(6)12;1-2-5-3-6(9)4-7(10)8(5)11/h12-14,21,35H,5-11,15-16H2,1-4H3;10-11,16H,3-9,12-13H2,1-2H3;10-11,14H,3-9H2,1-2H3;4-5H,3H2,1-2H3;2-3,12H,1H3;3-4,11H,2H2,1H3. The second-order valence-corrected chi connectivity index (χ2v) is 35.9. The first-order valence-electron chi connectivity index (χ1n) is 40.7.